The zero-order valence-electron chi connectivity index (χ0n) is 30.1. The number of fused-ring (bicyclic) bond motifs is 10. The molecule has 0 unspecified atom stereocenters. The topological polar surface area (TPSA) is 29.5 Å². The fraction of sp³-hybridized carbons (Fsp3) is 0. The molecule has 4 heteroatoms. The van der Waals surface area contributed by atoms with E-state index in [9.17, 15) is 0 Å². The molecule has 0 radical (unpaired) electrons. The Hall–Kier alpha value is -7.14. The first-order valence-corrected chi connectivity index (χ1v) is 19.7. The van der Waals surface area contributed by atoms with Crippen LogP contribution in [-0.4, -0.2) is 0 Å². The standard InChI is InChI=1S/C52H31NO2S/c1-2-11-32(12-3-1)34-23-25-37(26-24-34)53(44-18-10-17-40-39-15-7-9-20-48(39)56-52(40)44)38-27-28-46-42(30-38)43-31-47-50(41-16-6-8-19-45(41)54-47)49(51(43)55-46)36-22-21-33-13-4-5-14-35(33)29-36/h1-31H. The van der Waals surface area contributed by atoms with Gasteiger partial charge in [0, 0.05) is 54.0 Å². The minimum Gasteiger partial charge on any atom is -0.456 e. The summed E-state index contributed by atoms with van der Waals surface area (Å²) in [5, 5.41) is 9.14. The van der Waals surface area contributed by atoms with Crippen molar-refractivity contribution in [2.45, 2.75) is 0 Å². The molecule has 0 fully saturated rings. The molecule has 0 saturated carbocycles. The maximum absolute atomic E-state index is 6.94. The lowest BCUT2D eigenvalue weighted by Gasteiger charge is -2.26. The quantitative estimate of drug-likeness (QED) is 0.176. The summed E-state index contributed by atoms with van der Waals surface area (Å²) in [6.07, 6.45) is 0. The van der Waals surface area contributed by atoms with Crippen LogP contribution in [0.2, 0.25) is 0 Å². The van der Waals surface area contributed by atoms with Crippen molar-refractivity contribution in [3.63, 3.8) is 0 Å². The molecule has 262 valence electrons. The van der Waals surface area contributed by atoms with Gasteiger partial charge in [-0.1, -0.05) is 127 Å². The van der Waals surface area contributed by atoms with Crippen LogP contribution >= 0.6 is 11.3 Å². The lowest BCUT2D eigenvalue weighted by atomic mass is 9.95. The maximum Gasteiger partial charge on any atom is 0.144 e. The van der Waals surface area contributed by atoms with Gasteiger partial charge in [-0.3, -0.25) is 0 Å². The van der Waals surface area contributed by atoms with Gasteiger partial charge in [-0.15, -0.1) is 11.3 Å². The molecule has 9 aromatic carbocycles. The fourth-order valence-electron chi connectivity index (χ4n) is 8.63. The van der Waals surface area contributed by atoms with E-state index in [0.29, 0.717) is 0 Å². The highest BCUT2D eigenvalue weighted by Gasteiger charge is 2.24. The summed E-state index contributed by atoms with van der Waals surface area (Å²) in [5.74, 6) is 0. The molecule has 12 rings (SSSR count). The van der Waals surface area contributed by atoms with Crippen LogP contribution in [-0.2, 0) is 0 Å². The minimum absolute atomic E-state index is 0.835. The van der Waals surface area contributed by atoms with Crippen molar-refractivity contribution in [1.29, 1.82) is 0 Å². The highest BCUT2D eigenvalue weighted by molar-refractivity contribution is 7.26. The Labute approximate surface area is 325 Å². The van der Waals surface area contributed by atoms with E-state index in [1.807, 2.05) is 23.5 Å². The van der Waals surface area contributed by atoms with Gasteiger partial charge in [0.1, 0.15) is 22.3 Å². The average Bonchev–Trinajstić information content (AvgIpc) is 3.95. The first-order chi connectivity index (χ1) is 27.7. The molecule has 0 spiro atoms. The normalized spacial score (nSPS) is 11.9. The number of thiophene rings is 1. The Bertz CT molecular complexity index is 3480. The van der Waals surface area contributed by atoms with Gasteiger partial charge in [0.25, 0.3) is 0 Å². The smallest absolute Gasteiger partial charge is 0.144 e. The van der Waals surface area contributed by atoms with Gasteiger partial charge in [-0.05, 0) is 88.1 Å². The van der Waals surface area contributed by atoms with E-state index in [1.165, 1.54) is 42.1 Å². The summed E-state index contributed by atoms with van der Waals surface area (Å²) in [6, 6.07) is 67.2. The lowest BCUT2D eigenvalue weighted by Crippen LogP contribution is -2.10. The molecular formula is C52H31NO2S. The van der Waals surface area contributed by atoms with E-state index in [0.717, 1.165) is 72.1 Å². The second-order valence-electron chi connectivity index (χ2n) is 14.4. The molecule has 3 aromatic heterocycles. The first-order valence-electron chi connectivity index (χ1n) is 18.9. The number of benzene rings is 9. The lowest BCUT2D eigenvalue weighted by molar-refractivity contribution is 0.664. The molecule has 12 aromatic rings. The van der Waals surface area contributed by atoms with Gasteiger partial charge in [0.05, 0.1) is 10.4 Å². The molecule has 3 heterocycles. The summed E-state index contributed by atoms with van der Waals surface area (Å²) in [4.78, 5) is 2.40. The Morgan fingerprint density at radius 2 is 1.09 bits per heavy atom. The van der Waals surface area contributed by atoms with Gasteiger partial charge in [-0.2, -0.15) is 0 Å². The summed E-state index contributed by atoms with van der Waals surface area (Å²) >= 11 is 1.84. The molecule has 3 nitrogen and oxygen atoms in total. The largest absolute Gasteiger partial charge is 0.456 e. The number of anilines is 3. The summed E-state index contributed by atoms with van der Waals surface area (Å²) < 4.78 is 16.1. The van der Waals surface area contributed by atoms with E-state index in [1.54, 1.807) is 0 Å². The van der Waals surface area contributed by atoms with Gasteiger partial charge in [0.15, 0.2) is 0 Å². The third kappa shape index (κ3) is 4.76. The SMILES string of the molecule is c1ccc(-c2ccc(N(c3ccc4oc5c(-c6ccc7ccccc7c6)c6c(cc5c4c3)oc3ccccc36)c3cccc4c3sc3ccccc34)cc2)cc1. The average molecular weight is 734 g/mol. The Morgan fingerprint density at radius 1 is 0.393 bits per heavy atom. The van der Waals surface area contributed by atoms with Gasteiger partial charge < -0.3 is 13.7 Å². The van der Waals surface area contributed by atoms with Gasteiger partial charge in [0.2, 0.25) is 0 Å². The highest BCUT2D eigenvalue weighted by atomic mass is 32.1. The Morgan fingerprint density at radius 3 is 1.98 bits per heavy atom. The van der Waals surface area contributed by atoms with Crippen LogP contribution in [0.4, 0.5) is 17.1 Å². The number of nitrogens with zero attached hydrogens (tertiary/aromatic N) is 1. The Balaban J connectivity index is 1.12. The van der Waals surface area contributed by atoms with E-state index >= 15 is 0 Å². The zero-order valence-corrected chi connectivity index (χ0v) is 30.9. The molecular weight excluding hydrogens is 703 g/mol. The van der Waals surface area contributed by atoms with E-state index in [4.69, 9.17) is 8.83 Å². The number of hydrogen-bond acceptors (Lipinski definition) is 4. The van der Waals surface area contributed by atoms with Crippen LogP contribution in [0.3, 0.4) is 0 Å². The molecule has 0 aliphatic carbocycles. The molecule has 0 bridgehead atoms. The second kappa shape index (κ2) is 12.2. The Kier molecular flexibility index (Phi) is 6.80. The summed E-state index contributed by atoms with van der Waals surface area (Å²) in [5.41, 5.74) is 11.2. The fourth-order valence-corrected chi connectivity index (χ4v) is 9.84. The summed E-state index contributed by atoms with van der Waals surface area (Å²) in [6.45, 7) is 0. The van der Waals surface area contributed by atoms with E-state index in [-0.39, 0.29) is 0 Å². The molecule has 0 amide bonds. The van der Waals surface area contributed by atoms with Gasteiger partial charge >= 0.3 is 0 Å². The predicted molar refractivity (Wildman–Crippen MR) is 237 cm³/mol. The molecule has 0 N–H and O–H groups in total. The van der Waals surface area contributed by atoms with Crippen LogP contribution in [0.25, 0.3) is 97.1 Å². The van der Waals surface area contributed by atoms with E-state index in [2.05, 4.69) is 181 Å². The van der Waals surface area contributed by atoms with Crippen LogP contribution in [0.15, 0.2) is 197 Å². The molecule has 0 saturated heterocycles. The molecule has 0 aliphatic heterocycles. The van der Waals surface area contributed by atoms with Crippen LogP contribution in [0.1, 0.15) is 0 Å². The summed E-state index contributed by atoms with van der Waals surface area (Å²) in [7, 11) is 0. The monoisotopic (exact) mass is 733 g/mol. The number of furan rings is 2. The number of para-hydroxylation sites is 1. The third-order valence-electron chi connectivity index (χ3n) is 11.2. The van der Waals surface area contributed by atoms with Crippen molar-refractivity contribution in [1.82, 2.24) is 0 Å². The van der Waals surface area contributed by atoms with Crippen molar-refractivity contribution >= 4 is 103 Å². The second-order valence-corrected chi connectivity index (χ2v) is 15.5. The van der Waals surface area contributed by atoms with Crippen LogP contribution in [0.5, 0.6) is 0 Å². The van der Waals surface area contributed by atoms with Gasteiger partial charge in [-0.25, -0.2) is 0 Å². The molecule has 0 aliphatic rings. The van der Waals surface area contributed by atoms with Crippen molar-refractivity contribution in [2.75, 3.05) is 4.90 Å². The molecule has 56 heavy (non-hydrogen) atoms. The highest BCUT2D eigenvalue weighted by Crippen LogP contribution is 2.49. The molecule has 0 atom stereocenters. The number of rotatable bonds is 5. The van der Waals surface area contributed by atoms with Crippen molar-refractivity contribution < 1.29 is 8.83 Å². The van der Waals surface area contributed by atoms with Crippen molar-refractivity contribution in [3.8, 4) is 22.3 Å². The maximum atomic E-state index is 6.94. The minimum atomic E-state index is 0.835. The third-order valence-corrected chi connectivity index (χ3v) is 12.4. The first kappa shape index (κ1) is 31.2. The van der Waals surface area contributed by atoms with Crippen molar-refractivity contribution in [3.05, 3.63) is 188 Å². The van der Waals surface area contributed by atoms with E-state index < -0.39 is 0 Å². The number of hydrogen-bond donors (Lipinski definition) is 0. The van der Waals surface area contributed by atoms with Crippen LogP contribution in [0, 0.1) is 0 Å². The van der Waals surface area contributed by atoms with Crippen molar-refractivity contribution in [2.24, 2.45) is 0 Å². The van der Waals surface area contributed by atoms with Crippen LogP contribution < -0.4 is 4.90 Å². The zero-order chi connectivity index (χ0) is 36.7. The predicted octanol–water partition coefficient (Wildman–Crippen LogP) is 15.8.